The topological polar surface area (TPSA) is 58.6 Å². The van der Waals surface area contributed by atoms with Gasteiger partial charge in [0.05, 0.1) is 19.6 Å². The van der Waals surface area contributed by atoms with Crippen LogP contribution in [0.5, 0.6) is 5.75 Å². The van der Waals surface area contributed by atoms with Gasteiger partial charge in [0.25, 0.3) is 0 Å². The van der Waals surface area contributed by atoms with Crippen LogP contribution in [-0.2, 0) is 4.79 Å². The molecule has 1 rings (SSSR count). The average Bonchev–Trinajstić information content (AvgIpc) is 2.32. The fourth-order valence-electron chi connectivity index (χ4n) is 1.69. The Labute approximate surface area is 108 Å². The van der Waals surface area contributed by atoms with Gasteiger partial charge in [-0.3, -0.25) is 4.79 Å². The van der Waals surface area contributed by atoms with Crippen LogP contribution in [0.1, 0.15) is 23.1 Å². The number of carbonyl (C=O) groups excluding carboxylic acids is 1. The van der Waals surface area contributed by atoms with Crippen LogP contribution in [0.15, 0.2) is 12.1 Å². The minimum atomic E-state index is -0.105. The molecule has 4 nitrogen and oxygen atoms in total. The van der Waals surface area contributed by atoms with Gasteiger partial charge in [0.2, 0.25) is 5.91 Å². The summed E-state index contributed by atoms with van der Waals surface area (Å²) in [6, 6.07) is 4.09. The molecular weight excluding hydrogens is 230 g/mol. The molecule has 0 unspecified atom stereocenters. The molecule has 100 valence electrons. The number of ether oxygens (including phenoxy) is 1. The maximum Gasteiger partial charge on any atom is 0.223 e. The van der Waals surface area contributed by atoms with Crippen molar-refractivity contribution in [3.05, 3.63) is 28.8 Å². The van der Waals surface area contributed by atoms with E-state index in [4.69, 9.17) is 9.84 Å². The van der Waals surface area contributed by atoms with Crippen molar-refractivity contribution in [1.29, 1.82) is 0 Å². The zero-order valence-electron chi connectivity index (χ0n) is 11.2. The van der Waals surface area contributed by atoms with Crippen molar-refractivity contribution in [1.82, 2.24) is 5.32 Å². The van der Waals surface area contributed by atoms with Crippen molar-refractivity contribution in [2.75, 3.05) is 19.8 Å². The number of nitrogens with one attached hydrogen (secondary N) is 1. The molecule has 0 aromatic heterocycles. The second-order valence-electron chi connectivity index (χ2n) is 4.38. The fraction of sp³-hybridized carbons (Fsp3) is 0.500. The highest BCUT2D eigenvalue weighted by Crippen LogP contribution is 2.23. The van der Waals surface area contributed by atoms with Crippen LogP contribution in [0.25, 0.3) is 0 Å². The number of aliphatic hydroxyl groups is 1. The zero-order chi connectivity index (χ0) is 13.5. The molecule has 0 bridgehead atoms. The van der Waals surface area contributed by atoms with Gasteiger partial charge in [-0.2, -0.15) is 0 Å². The van der Waals surface area contributed by atoms with Gasteiger partial charge >= 0.3 is 0 Å². The summed E-state index contributed by atoms with van der Waals surface area (Å²) in [5.41, 5.74) is 3.45. The summed E-state index contributed by atoms with van der Waals surface area (Å²) in [7, 11) is 0. The molecule has 4 heteroatoms. The second kappa shape index (κ2) is 7.01. The van der Waals surface area contributed by atoms with Crippen molar-refractivity contribution < 1.29 is 14.6 Å². The second-order valence-corrected chi connectivity index (χ2v) is 4.38. The maximum atomic E-state index is 11.3. The highest BCUT2D eigenvalue weighted by Gasteiger charge is 2.05. The standard InChI is InChI=1S/C14H21NO3/c1-10-8-11(2)12(3)13(9-10)18-7-4-14(17)15-5-6-16/h8-9,16H,4-7H2,1-3H3,(H,15,17). The Hall–Kier alpha value is -1.55. The Morgan fingerprint density at radius 3 is 2.72 bits per heavy atom. The lowest BCUT2D eigenvalue weighted by Crippen LogP contribution is -2.27. The number of aliphatic hydroxyl groups excluding tert-OH is 1. The van der Waals surface area contributed by atoms with Crippen LogP contribution < -0.4 is 10.1 Å². The van der Waals surface area contributed by atoms with E-state index >= 15 is 0 Å². The minimum absolute atomic E-state index is 0.0389. The first-order valence-corrected chi connectivity index (χ1v) is 6.12. The lowest BCUT2D eigenvalue weighted by Gasteiger charge is -2.12. The minimum Gasteiger partial charge on any atom is -0.493 e. The summed E-state index contributed by atoms with van der Waals surface area (Å²) in [4.78, 5) is 11.3. The molecular formula is C14H21NO3. The van der Waals surface area contributed by atoms with Crippen molar-refractivity contribution >= 4 is 5.91 Å². The van der Waals surface area contributed by atoms with Crippen molar-refractivity contribution in [3.63, 3.8) is 0 Å². The van der Waals surface area contributed by atoms with E-state index in [1.54, 1.807) is 0 Å². The molecule has 1 aromatic carbocycles. The molecule has 0 saturated carbocycles. The predicted molar refractivity (Wildman–Crippen MR) is 70.9 cm³/mol. The Morgan fingerprint density at radius 1 is 1.33 bits per heavy atom. The monoisotopic (exact) mass is 251 g/mol. The molecule has 0 aliphatic rings. The number of amides is 1. The van der Waals surface area contributed by atoms with Crippen molar-refractivity contribution in [2.24, 2.45) is 0 Å². The van der Waals surface area contributed by atoms with E-state index in [9.17, 15) is 4.79 Å². The van der Waals surface area contributed by atoms with E-state index in [1.807, 2.05) is 26.8 Å². The molecule has 0 saturated heterocycles. The Kier molecular flexibility index (Phi) is 5.65. The number of carbonyl (C=O) groups is 1. The molecule has 0 spiro atoms. The quantitative estimate of drug-likeness (QED) is 0.805. The number of hydrogen-bond acceptors (Lipinski definition) is 3. The van der Waals surface area contributed by atoms with E-state index in [2.05, 4.69) is 11.4 Å². The van der Waals surface area contributed by atoms with Crippen LogP contribution in [0.4, 0.5) is 0 Å². The molecule has 0 aliphatic heterocycles. The zero-order valence-corrected chi connectivity index (χ0v) is 11.2. The smallest absolute Gasteiger partial charge is 0.223 e. The van der Waals surface area contributed by atoms with Crippen molar-refractivity contribution in [2.45, 2.75) is 27.2 Å². The molecule has 2 N–H and O–H groups in total. The van der Waals surface area contributed by atoms with E-state index < -0.39 is 0 Å². The Bertz CT molecular complexity index is 416. The maximum absolute atomic E-state index is 11.3. The largest absolute Gasteiger partial charge is 0.493 e. The van der Waals surface area contributed by atoms with Crippen LogP contribution >= 0.6 is 0 Å². The SMILES string of the molecule is Cc1cc(C)c(C)c(OCCC(=O)NCCO)c1. The third-order valence-corrected chi connectivity index (χ3v) is 2.78. The van der Waals surface area contributed by atoms with E-state index in [0.29, 0.717) is 19.6 Å². The van der Waals surface area contributed by atoms with Gasteiger partial charge in [-0.15, -0.1) is 0 Å². The number of rotatable bonds is 6. The predicted octanol–water partition coefficient (Wildman–Crippen LogP) is 1.49. The number of aryl methyl sites for hydroxylation is 2. The first-order chi connectivity index (χ1) is 8.54. The van der Waals surface area contributed by atoms with Crippen LogP contribution in [0.2, 0.25) is 0 Å². The van der Waals surface area contributed by atoms with Crippen LogP contribution in [0.3, 0.4) is 0 Å². The first-order valence-electron chi connectivity index (χ1n) is 6.12. The Balaban J connectivity index is 2.46. The average molecular weight is 251 g/mol. The third kappa shape index (κ3) is 4.37. The van der Waals surface area contributed by atoms with Gasteiger partial charge in [-0.05, 0) is 43.5 Å². The first kappa shape index (κ1) is 14.5. The Morgan fingerprint density at radius 2 is 2.06 bits per heavy atom. The summed E-state index contributed by atoms with van der Waals surface area (Å²) in [6.07, 6.45) is 0.298. The van der Waals surface area contributed by atoms with Gasteiger partial charge in [0, 0.05) is 6.54 Å². The van der Waals surface area contributed by atoms with Gasteiger partial charge in [0.1, 0.15) is 5.75 Å². The highest BCUT2D eigenvalue weighted by molar-refractivity contribution is 5.75. The molecule has 0 atom stereocenters. The molecule has 1 amide bonds. The van der Waals surface area contributed by atoms with Crippen LogP contribution in [0, 0.1) is 20.8 Å². The number of hydrogen-bond donors (Lipinski definition) is 2. The van der Waals surface area contributed by atoms with E-state index in [-0.39, 0.29) is 12.5 Å². The summed E-state index contributed by atoms with van der Waals surface area (Å²) in [6.45, 7) is 6.68. The summed E-state index contributed by atoms with van der Waals surface area (Å²) >= 11 is 0. The third-order valence-electron chi connectivity index (χ3n) is 2.78. The van der Waals surface area contributed by atoms with Gasteiger partial charge in [0.15, 0.2) is 0 Å². The van der Waals surface area contributed by atoms with Gasteiger partial charge in [-0.1, -0.05) is 6.07 Å². The fourth-order valence-corrected chi connectivity index (χ4v) is 1.69. The number of benzene rings is 1. The normalized spacial score (nSPS) is 10.2. The lowest BCUT2D eigenvalue weighted by molar-refractivity contribution is -0.121. The van der Waals surface area contributed by atoms with Crippen LogP contribution in [-0.4, -0.2) is 30.8 Å². The van der Waals surface area contributed by atoms with Gasteiger partial charge < -0.3 is 15.2 Å². The summed E-state index contributed by atoms with van der Waals surface area (Å²) < 4.78 is 5.63. The molecule has 0 aliphatic carbocycles. The van der Waals surface area contributed by atoms with Crippen molar-refractivity contribution in [3.8, 4) is 5.75 Å². The molecule has 1 aromatic rings. The van der Waals surface area contributed by atoms with Gasteiger partial charge in [-0.25, -0.2) is 0 Å². The molecule has 0 heterocycles. The summed E-state index contributed by atoms with van der Waals surface area (Å²) in [5, 5.41) is 11.2. The molecule has 0 radical (unpaired) electrons. The van der Waals surface area contributed by atoms with E-state index in [1.165, 1.54) is 5.56 Å². The molecule has 0 fully saturated rings. The highest BCUT2D eigenvalue weighted by atomic mass is 16.5. The lowest BCUT2D eigenvalue weighted by atomic mass is 10.1. The summed E-state index contributed by atoms with van der Waals surface area (Å²) in [5.74, 6) is 0.730. The molecule has 18 heavy (non-hydrogen) atoms. The van der Waals surface area contributed by atoms with E-state index in [0.717, 1.165) is 16.9 Å².